The summed E-state index contributed by atoms with van der Waals surface area (Å²) in [4.78, 5) is 0. The van der Waals surface area contributed by atoms with Crippen LogP contribution in [0.5, 0.6) is 46.0 Å². The van der Waals surface area contributed by atoms with Gasteiger partial charge in [-0.25, -0.2) is 0 Å². The van der Waals surface area contributed by atoms with Crippen molar-refractivity contribution >= 4 is 0 Å². The fourth-order valence-corrected chi connectivity index (χ4v) is 10.4. The third-order valence-corrected chi connectivity index (χ3v) is 14.9. The number of benzene rings is 6. The van der Waals surface area contributed by atoms with E-state index in [0.29, 0.717) is 105 Å². The van der Waals surface area contributed by atoms with E-state index in [1.165, 1.54) is 22.3 Å². The molecule has 14 rings (SSSR count). The lowest BCUT2D eigenvalue weighted by atomic mass is 9.79. The molecule has 6 aromatic carbocycles. The lowest BCUT2D eigenvalue weighted by Crippen LogP contribution is -2.18. The summed E-state index contributed by atoms with van der Waals surface area (Å²) >= 11 is 0. The Hall–Kier alpha value is -6.40. The quantitative estimate of drug-likeness (QED) is 0.165. The normalized spacial score (nSPS) is 15.9. The first kappa shape index (κ1) is 60.7. The second-order valence-electron chi connectivity index (χ2n) is 25.5. The van der Waals surface area contributed by atoms with Gasteiger partial charge in [0, 0.05) is 25.7 Å². The van der Waals surface area contributed by atoms with Gasteiger partial charge in [-0.3, -0.25) is 0 Å². The van der Waals surface area contributed by atoms with Gasteiger partial charge in [-0.05, 0) is 137 Å². The van der Waals surface area contributed by atoms with E-state index in [1.54, 1.807) is 14.2 Å². The van der Waals surface area contributed by atoms with Crippen molar-refractivity contribution in [1.29, 1.82) is 0 Å². The van der Waals surface area contributed by atoms with Crippen molar-refractivity contribution in [3.63, 3.8) is 0 Å². The SMILES string of the molecule is COc1c2cc(C(C)(C)C)cc1Cc1cc(C(C)(C)C)cc3c1OCCOc1ccc(cc1)OCCOCCOCCOCCOc1ccc(cc1)OCCOc1c(cc(C(C)(C)C)cc1Cc1cc(C(C)(C)C)cc(c1OC)C3)C2. The van der Waals surface area contributed by atoms with Crippen molar-refractivity contribution in [2.75, 3.05) is 93.5 Å². The first-order chi connectivity index (χ1) is 38.6. The van der Waals surface area contributed by atoms with Crippen LogP contribution in [-0.4, -0.2) is 93.5 Å². The molecule has 0 unspecified atom stereocenters. The molecule has 0 aromatic heterocycles. The van der Waals surface area contributed by atoms with E-state index in [9.17, 15) is 0 Å². The van der Waals surface area contributed by atoms with E-state index in [-0.39, 0.29) is 21.7 Å². The summed E-state index contributed by atoms with van der Waals surface area (Å²) in [5.41, 5.74) is 12.9. The predicted octanol–water partition coefficient (Wildman–Crippen LogP) is 14.3. The van der Waals surface area contributed by atoms with Crippen LogP contribution in [0.4, 0.5) is 0 Å². The van der Waals surface area contributed by atoms with Gasteiger partial charge >= 0.3 is 0 Å². The smallest absolute Gasteiger partial charge is 0.126 e. The molecule has 11 nitrogen and oxygen atoms in total. The first-order valence-electron chi connectivity index (χ1n) is 29.0. The van der Waals surface area contributed by atoms with Gasteiger partial charge in [-0.2, -0.15) is 0 Å². The van der Waals surface area contributed by atoms with E-state index < -0.39 is 0 Å². The molecular weight excluding hydrogens is 1020 g/mol. The van der Waals surface area contributed by atoms with E-state index in [1.807, 2.05) is 48.5 Å². The van der Waals surface area contributed by atoms with Gasteiger partial charge in [0.15, 0.2) is 0 Å². The molecule has 8 aliphatic rings. The van der Waals surface area contributed by atoms with Crippen LogP contribution >= 0.6 is 0 Å². The number of ether oxygens (including phenoxy) is 11. The molecule has 7 heterocycles. The highest BCUT2D eigenvalue weighted by molar-refractivity contribution is 5.60. The average Bonchev–Trinajstić information content (AvgIpc) is 3.48. The van der Waals surface area contributed by atoms with E-state index in [0.717, 1.165) is 90.5 Å². The summed E-state index contributed by atoms with van der Waals surface area (Å²) in [6, 6.07) is 34.2. The van der Waals surface area contributed by atoms with Crippen molar-refractivity contribution in [3.8, 4) is 46.0 Å². The van der Waals surface area contributed by atoms with E-state index >= 15 is 0 Å². The zero-order chi connectivity index (χ0) is 58.0. The predicted molar refractivity (Wildman–Crippen MR) is 323 cm³/mol. The molecule has 6 aromatic rings. The van der Waals surface area contributed by atoms with E-state index in [4.69, 9.17) is 52.1 Å². The summed E-state index contributed by atoms with van der Waals surface area (Å²) in [6.45, 7) is 32.3. The lowest BCUT2D eigenvalue weighted by Gasteiger charge is -2.29. The molecule has 0 saturated heterocycles. The Balaban J connectivity index is 1.28. The summed E-state index contributed by atoms with van der Waals surface area (Å²) in [5.74, 6) is 6.32. The third-order valence-electron chi connectivity index (χ3n) is 14.9. The molecule has 0 saturated carbocycles. The van der Waals surface area contributed by atoms with Crippen molar-refractivity contribution in [3.05, 3.63) is 164 Å². The Morgan fingerprint density at radius 1 is 0.272 bits per heavy atom. The molecule has 0 radical (unpaired) electrons. The summed E-state index contributed by atoms with van der Waals surface area (Å²) in [5, 5.41) is 0. The van der Waals surface area contributed by atoms with Gasteiger partial charge in [0.25, 0.3) is 0 Å². The molecule has 81 heavy (non-hydrogen) atoms. The highest BCUT2D eigenvalue weighted by atomic mass is 16.6. The molecule has 0 fully saturated rings. The van der Waals surface area contributed by atoms with E-state index in [2.05, 4.69) is 132 Å². The Bertz CT molecular complexity index is 2720. The number of hydrogen-bond acceptors (Lipinski definition) is 11. The van der Waals surface area contributed by atoms with Crippen LogP contribution in [0, 0.1) is 0 Å². The zero-order valence-electron chi connectivity index (χ0n) is 51.0. The van der Waals surface area contributed by atoms with Crippen LogP contribution in [0.3, 0.4) is 0 Å². The molecule has 0 atom stereocenters. The molecule has 7 aliphatic heterocycles. The van der Waals surface area contributed by atoms with Crippen molar-refractivity contribution < 1.29 is 52.1 Å². The maximum Gasteiger partial charge on any atom is 0.126 e. The van der Waals surface area contributed by atoms with Crippen molar-refractivity contribution in [2.24, 2.45) is 0 Å². The average molecular weight is 1110 g/mol. The van der Waals surface area contributed by atoms with Crippen molar-refractivity contribution in [2.45, 2.75) is 130 Å². The Labute approximate surface area is 483 Å². The minimum absolute atomic E-state index is 0.176. The molecule has 0 spiro atoms. The molecule has 1 aliphatic carbocycles. The Kier molecular flexibility index (Phi) is 20.0. The second-order valence-corrected chi connectivity index (χ2v) is 25.5. The number of methoxy groups -OCH3 is 2. The third kappa shape index (κ3) is 16.4. The maximum atomic E-state index is 7.12. The zero-order valence-corrected chi connectivity index (χ0v) is 51.0. The summed E-state index contributed by atoms with van der Waals surface area (Å²) < 4.78 is 69.4. The molecule has 11 heteroatoms. The highest BCUT2D eigenvalue weighted by Crippen LogP contribution is 2.44. The second kappa shape index (κ2) is 26.7. The van der Waals surface area contributed by atoms with Crippen molar-refractivity contribution in [1.82, 2.24) is 0 Å². The monoisotopic (exact) mass is 1110 g/mol. The largest absolute Gasteiger partial charge is 0.496 e. The minimum atomic E-state index is -0.177. The molecular formula is C70H90O11. The van der Waals surface area contributed by atoms with Gasteiger partial charge in [-0.15, -0.1) is 0 Å². The van der Waals surface area contributed by atoms with Crippen LogP contribution in [0.2, 0.25) is 0 Å². The topological polar surface area (TPSA) is 102 Å². The number of rotatable bonds is 2. The summed E-state index contributed by atoms with van der Waals surface area (Å²) in [6.07, 6.45) is 2.25. The maximum absolute atomic E-state index is 7.12. The lowest BCUT2D eigenvalue weighted by molar-refractivity contribution is 0.00498. The van der Waals surface area contributed by atoms with Crippen LogP contribution in [-0.2, 0) is 61.6 Å². The summed E-state index contributed by atoms with van der Waals surface area (Å²) in [7, 11) is 3.61. The minimum Gasteiger partial charge on any atom is -0.496 e. The van der Waals surface area contributed by atoms with Gasteiger partial charge in [-0.1, -0.05) is 132 Å². The molecule has 0 N–H and O–H groups in total. The molecule has 14 bridgehead atoms. The Morgan fingerprint density at radius 2 is 0.469 bits per heavy atom. The standard InChI is InChI=1S/C70H90O11/c1-67(2,3)55-39-47-35-51-43-57(69(7,8)9)45-53-37-49-41-56(68(4,5)6)42-50(64(49)72-14)38-54-46-58(70(10,11)12)44-52(36-48(40-55)63(47)71-13)66(54)81-34-32-79-62-21-17-60(18-22-62)77-30-28-75-26-24-73-23-25-74-27-29-76-59-15-19-61(20-16-59)78-31-33-80-65(51)53/h15-22,39-46H,23-38H2,1-14H3. The fraction of sp³-hybridized carbons (Fsp3) is 0.486. The van der Waals surface area contributed by atoms with Gasteiger partial charge in [0.1, 0.15) is 85.6 Å². The Morgan fingerprint density at radius 3 is 0.691 bits per heavy atom. The fourth-order valence-electron chi connectivity index (χ4n) is 10.4. The van der Waals surface area contributed by atoms with Gasteiger partial charge in [0.2, 0.25) is 0 Å². The van der Waals surface area contributed by atoms with Crippen LogP contribution in [0.25, 0.3) is 0 Å². The number of hydrogen-bond donors (Lipinski definition) is 0. The van der Waals surface area contributed by atoms with Crippen LogP contribution in [0.15, 0.2) is 97.1 Å². The van der Waals surface area contributed by atoms with Crippen LogP contribution < -0.4 is 37.9 Å². The highest BCUT2D eigenvalue weighted by Gasteiger charge is 2.29. The molecule has 436 valence electrons. The molecule has 0 amide bonds. The first-order valence-corrected chi connectivity index (χ1v) is 29.0. The van der Waals surface area contributed by atoms with Gasteiger partial charge < -0.3 is 52.1 Å². The van der Waals surface area contributed by atoms with Crippen LogP contribution in [0.1, 0.15) is 150 Å². The van der Waals surface area contributed by atoms with Gasteiger partial charge in [0.05, 0.1) is 53.9 Å².